The zero-order valence-corrected chi connectivity index (χ0v) is 9.63. The molecule has 15 heavy (non-hydrogen) atoms. The number of hydrogen-bond acceptors (Lipinski definition) is 3. The van der Waals surface area contributed by atoms with Crippen LogP contribution in [0.4, 0.5) is 0 Å². The van der Waals surface area contributed by atoms with E-state index >= 15 is 0 Å². The van der Waals surface area contributed by atoms with Crippen molar-refractivity contribution in [2.45, 2.75) is 32.3 Å². The Balaban J connectivity index is 2.06. The Hall–Kier alpha value is -0.870. The van der Waals surface area contributed by atoms with Gasteiger partial charge in [-0.1, -0.05) is 6.07 Å². The molecule has 0 radical (unpaired) electrons. The highest BCUT2D eigenvalue weighted by Gasteiger charge is 2.05. The molecule has 0 aliphatic carbocycles. The molecule has 0 amide bonds. The topological polar surface area (TPSA) is 46.5 Å². The summed E-state index contributed by atoms with van der Waals surface area (Å²) in [5, 5.41) is 10.5. The molecule has 0 aliphatic heterocycles. The molecule has 0 aliphatic rings. The van der Waals surface area contributed by atoms with Gasteiger partial charge in [0.05, 0.1) is 12.7 Å². The van der Waals surface area contributed by atoms with E-state index < -0.39 is 5.97 Å². The van der Waals surface area contributed by atoms with Crippen LogP contribution in [-0.4, -0.2) is 23.8 Å². The fraction of sp³-hybridized carbons (Fsp3) is 0.545. The lowest BCUT2D eigenvalue weighted by atomic mass is 10.2. The average Bonchev–Trinajstić information content (AvgIpc) is 2.67. The number of carbonyl (C=O) groups is 1. The minimum atomic E-state index is -0.760. The highest BCUT2D eigenvalue weighted by Crippen LogP contribution is 2.10. The smallest absolute Gasteiger partial charge is 0.303 e. The first-order valence-electron chi connectivity index (χ1n) is 5.04. The molecule has 1 atom stereocenters. The fourth-order valence-corrected chi connectivity index (χ4v) is 1.92. The van der Waals surface area contributed by atoms with Gasteiger partial charge in [-0.15, -0.1) is 11.3 Å². The van der Waals surface area contributed by atoms with E-state index in [-0.39, 0.29) is 12.5 Å². The molecule has 1 heterocycles. The van der Waals surface area contributed by atoms with Gasteiger partial charge in [0.25, 0.3) is 0 Å². The van der Waals surface area contributed by atoms with Crippen LogP contribution >= 0.6 is 11.3 Å². The zero-order valence-electron chi connectivity index (χ0n) is 8.81. The maximum atomic E-state index is 10.3. The van der Waals surface area contributed by atoms with Crippen molar-refractivity contribution in [2.24, 2.45) is 0 Å². The molecule has 0 saturated heterocycles. The van der Waals surface area contributed by atoms with Crippen LogP contribution in [0.3, 0.4) is 0 Å². The standard InChI is InChI=1S/C11H16O3S/c1-9(4-5-11(12)13)14-7-6-10-3-2-8-15-10/h2-3,8-9H,4-7H2,1H3,(H,12,13). The van der Waals surface area contributed by atoms with Crippen LogP contribution in [-0.2, 0) is 16.0 Å². The number of ether oxygens (including phenoxy) is 1. The summed E-state index contributed by atoms with van der Waals surface area (Å²) >= 11 is 1.72. The van der Waals surface area contributed by atoms with Crippen LogP contribution in [0.25, 0.3) is 0 Å². The fourth-order valence-electron chi connectivity index (χ4n) is 1.23. The van der Waals surface area contributed by atoms with Crippen molar-refractivity contribution in [3.63, 3.8) is 0 Å². The number of thiophene rings is 1. The SMILES string of the molecule is CC(CCC(=O)O)OCCc1cccs1. The maximum Gasteiger partial charge on any atom is 0.303 e. The van der Waals surface area contributed by atoms with E-state index in [0.717, 1.165) is 6.42 Å². The second kappa shape index (κ2) is 6.58. The van der Waals surface area contributed by atoms with Crippen molar-refractivity contribution in [3.8, 4) is 0 Å². The predicted molar refractivity (Wildman–Crippen MR) is 60.3 cm³/mol. The van der Waals surface area contributed by atoms with Crippen LogP contribution < -0.4 is 0 Å². The largest absolute Gasteiger partial charge is 0.481 e. The predicted octanol–water partition coefficient (Wildman–Crippen LogP) is 2.56. The average molecular weight is 228 g/mol. The summed E-state index contributed by atoms with van der Waals surface area (Å²) in [5.41, 5.74) is 0. The molecule has 0 spiro atoms. The van der Waals surface area contributed by atoms with E-state index in [0.29, 0.717) is 13.0 Å². The maximum absolute atomic E-state index is 10.3. The number of aliphatic carboxylic acids is 1. The molecule has 1 N–H and O–H groups in total. The van der Waals surface area contributed by atoms with Crippen molar-refractivity contribution < 1.29 is 14.6 Å². The van der Waals surface area contributed by atoms with Gasteiger partial charge in [-0.2, -0.15) is 0 Å². The molecule has 3 nitrogen and oxygen atoms in total. The molecule has 84 valence electrons. The van der Waals surface area contributed by atoms with E-state index in [1.165, 1.54) is 4.88 Å². The summed E-state index contributed by atoms with van der Waals surface area (Å²) in [6.45, 7) is 2.58. The first-order valence-corrected chi connectivity index (χ1v) is 5.92. The summed E-state index contributed by atoms with van der Waals surface area (Å²) in [4.78, 5) is 11.6. The summed E-state index contributed by atoms with van der Waals surface area (Å²) < 4.78 is 5.51. The van der Waals surface area contributed by atoms with Crippen LogP contribution in [0, 0.1) is 0 Å². The number of carboxylic acid groups (broad SMARTS) is 1. The number of carboxylic acids is 1. The van der Waals surface area contributed by atoms with E-state index in [9.17, 15) is 4.79 Å². The van der Waals surface area contributed by atoms with Crippen molar-refractivity contribution in [1.82, 2.24) is 0 Å². The van der Waals surface area contributed by atoms with Gasteiger partial charge >= 0.3 is 5.97 Å². The van der Waals surface area contributed by atoms with E-state index in [1.807, 2.05) is 18.4 Å². The van der Waals surface area contributed by atoms with Gasteiger partial charge in [-0.05, 0) is 24.8 Å². The Kier molecular flexibility index (Phi) is 5.36. The zero-order chi connectivity index (χ0) is 11.1. The van der Waals surface area contributed by atoms with Gasteiger partial charge in [-0.3, -0.25) is 4.79 Å². The Morgan fingerprint density at radius 1 is 1.67 bits per heavy atom. The molecule has 0 bridgehead atoms. The van der Waals surface area contributed by atoms with Gasteiger partial charge in [0.1, 0.15) is 0 Å². The lowest BCUT2D eigenvalue weighted by molar-refractivity contribution is -0.137. The minimum absolute atomic E-state index is 0.0288. The second-order valence-electron chi connectivity index (χ2n) is 3.44. The lowest BCUT2D eigenvalue weighted by Crippen LogP contribution is -2.12. The Bertz CT molecular complexity index is 282. The minimum Gasteiger partial charge on any atom is -0.481 e. The number of hydrogen-bond donors (Lipinski definition) is 1. The summed E-state index contributed by atoms with van der Waals surface area (Å²) in [5.74, 6) is -0.760. The van der Waals surface area contributed by atoms with Crippen LogP contribution in [0.15, 0.2) is 17.5 Å². The van der Waals surface area contributed by atoms with Crippen molar-refractivity contribution in [1.29, 1.82) is 0 Å². The van der Waals surface area contributed by atoms with Gasteiger partial charge in [-0.25, -0.2) is 0 Å². The van der Waals surface area contributed by atoms with E-state index in [1.54, 1.807) is 11.3 Å². The quantitative estimate of drug-likeness (QED) is 0.780. The van der Waals surface area contributed by atoms with Gasteiger partial charge < -0.3 is 9.84 Å². The monoisotopic (exact) mass is 228 g/mol. The highest BCUT2D eigenvalue weighted by atomic mass is 32.1. The molecule has 4 heteroatoms. The normalized spacial score (nSPS) is 12.6. The highest BCUT2D eigenvalue weighted by molar-refractivity contribution is 7.09. The van der Waals surface area contributed by atoms with Gasteiger partial charge in [0.15, 0.2) is 0 Å². The van der Waals surface area contributed by atoms with Crippen molar-refractivity contribution >= 4 is 17.3 Å². The van der Waals surface area contributed by atoms with Crippen LogP contribution in [0.2, 0.25) is 0 Å². The molecule has 0 fully saturated rings. The molecular weight excluding hydrogens is 212 g/mol. The molecule has 0 saturated carbocycles. The van der Waals surface area contributed by atoms with Gasteiger partial charge in [0, 0.05) is 17.7 Å². The van der Waals surface area contributed by atoms with E-state index in [2.05, 4.69) is 6.07 Å². The van der Waals surface area contributed by atoms with Crippen molar-refractivity contribution in [3.05, 3.63) is 22.4 Å². The molecule has 1 aromatic heterocycles. The summed E-state index contributed by atoms with van der Waals surface area (Å²) in [7, 11) is 0. The first kappa shape index (κ1) is 12.2. The van der Waals surface area contributed by atoms with E-state index in [4.69, 9.17) is 9.84 Å². The Labute approximate surface area is 93.7 Å². The van der Waals surface area contributed by atoms with Crippen molar-refractivity contribution in [2.75, 3.05) is 6.61 Å². The molecular formula is C11H16O3S. The summed E-state index contributed by atoms with van der Waals surface area (Å²) in [6, 6.07) is 4.10. The third-order valence-corrected chi connectivity index (χ3v) is 3.03. The Morgan fingerprint density at radius 3 is 3.07 bits per heavy atom. The van der Waals surface area contributed by atoms with Gasteiger partial charge in [0.2, 0.25) is 0 Å². The first-order chi connectivity index (χ1) is 7.18. The number of rotatable bonds is 7. The third kappa shape index (κ3) is 5.54. The molecule has 1 rings (SSSR count). The van der Waals surface area contributed by atoms with Crippen LogP contribution in [0.5, 0.6) is 0 Å². The lowest BCUT2D eigenvalue weighted by Gasteiger charge is -2.10. The molecule has 1 unspecified atom stereocenters. The third-order valence-electron chi connectivity index (χ3n) is 2.10. The Morgan fingerprint density at radius 2 is 2.47 bits per heavy atom. The second-order valence-corrected chi connectivity index (χ2v) is 4.48. The van der Waals surface area contributed by atoms with Crippen LogP contribution in [0.1, 0.15) is 24.6 Å². The molecule has 0 aromatic carbocycles. The summed E-state index contributed by atoms with van der Waals surface area (Å²) in [6.07, 6.45) is 1.70. The molecule has 1 aromatic rings.